The Kier molecular flexibility index (Phi) is 4.88. The van der Waals surface area contributed by atoms with Gasteiger partial charge in [-0.25, -0.2) is 8.78 Å². The zero-order chi connectivity index (χ0) is 13.8. The fourth-order valence-electron chi connectivity index (χ4n) is 2.75. The SMILES string of the molecule is CCC1CCN(CC(N)c2cc(F)ccc2F)CC1. The Morgan fingerprint density at radius 2 is 2.00 bits per heavy atom. The zero-order valence-corrected chi connectivity index (χ0v) is 11.4. The maximum absolute atomic E-state index is 13.6. The summed E-state index contributed by atoms with van der Waals surface area (Å²) in [7, 11) is 0. The Hall–Kier alpha value is -1.00. The summed E-state index contributed by atoms with van der Waals surface area (Å²) >= 11 is 0. The second kappa shape index (κ2) is 6.44. The van der Waals surface area contributed by atoms with Crippen LogP contribution in [-0.2, 0) is 0 Å². The van der Waals surface area contributed by atoms with Gasteiger partial charge in [0.25, 0.3) is 0 Å². The predicted octanol–water partition coefficient (Wildman–Crippen LogP) is 3.09. The van der Waals surface area contributed by atoms with E-state index in [1.165, 1.54) is 25.3 Å². The number of hydrogen-bond donors (Lipinski definition) is 1. The van der Waals surface area contributed by atoms with Crippen LogP contribution in [0.1, 0.15) is 37.8 Å². The van der Waals surface area contributed by atoms with Gasteiger partial charge in [0.1, 0.15) is 11.6 Å². The van der Waals surface area contributed by atoms with Crippen LogP contribution in [0, 0.1) is 17.6 Å². The van der Waals surface area contributed by atoms with Crippen molar-refractivity contribution in [3.05, 3.63) is 35.4 Å². The fourth-order valence-corrected chi connectivity index (χ4v) is 2.75. The minimum atomic E-state index is -0.464. The summed E-state index contributed by atoms with van der Waals surface area (Å²) < 4.78 is 26.8. The molecular formula is C15H22F2N2. The van der Waals surface area contributed by atoms with Crippen molar-refractivity contribution in [1.29, 1.82) is 0 Å². The number of rotatable bonds is 4. The lowest BCUT2D eigenvalue weighted by Gasteiger charge is -2.33. The van der Waals surface area contributed by atoms with Gasteiger partial charge in [-0.2, -0.15) is 0 Å². The first-order valence-electron chi connectivity index (χ1n) is 7.03. The van der Waals surface area contributed by atoms with E-state index in [-0.39, 0.29) is 5.56 Å². The van der Waals surface area contributed by atoms with E-state index >= 15 is 0 Å². The lowest BCUT2D eigenvalue weighted by molar-refractivity contribution is 0.172. The summed E-state index contributed by atoms with van der Waals surface area (Å²) in [5.74, 6) is -0.0488. The van der Waals surface area contributed by atoms with Gasteiger partial charge < -0.3 is 10.6 Å². The third-order valence-corrected chi connectivity index (χ3v) is 4.10. The highest BCUT2D eigenvalue weighted by Gasteiger charge is 2.21. The maximum atomic E-state index is 13.6. The Balaban J connectivity index is 1.94. The first-order chi connectivity index (χ1) is 9.10. The smallest absolute Gasteiger partial charge is 0.128 e. The quantitative estimate of drug-likeness (QED) is 0.909. The molecule has 2 rings (SSSR count). The van der Waals surface area contributed by atoms with Crippen LogP contribution < -0.4 is 5.73 Å². The van der Waals surface area contributed by atoms with Crippen molar-refractivity contribution in [2.24, 2.45) is 11.7 Å². The van der Waals surface area contributed by atoms with Crippen LogP contribution in [0.5, 0.6) is 0 Å². The lowest BCUT2D eigenvalue weighted by atomic mass is 9.94. The van der Waals surface area contributed by atoms with Crippen LogP contribution in [0.15, 0.2) is 18.2 Å². The van der Waals surface area contributed by atoms with Crippen molar-refractivity contribution in [3.63, 3.8) is 0 Å². The molecule has 1 aliphatic heterocycles. The molecule has 0 spiro atoms. The van der Waals surface area contributed by atoms with E-state index in [2.05, 4.69) is 11.8 Å². The van der Waals surface area contributed by atoms with Gasteiger partial charge in [-0.3, -0.25) is 0 Å². The molecule has 1 heterocycles. The predicted molar refractivity (Wildman–Crippen MR) is 72.7 cm³/mol. The third-order valence-electron chi connectivity index (χ3n) is 4.10. The van der Waals surface area contributed by atoms with Crippen molar-refractivity contribution < 1.29 is 8.78 Å². The van der Waals surface area contributed by atoms with Gasteiger partial charge >= 0.3 is 0 Å². The van der Waals surface area contributed by atoms with Crippen molar-refractivity contribution in [1.82, 2.24) is 4.90 Å². The molecule has 0 aliphatic carbocycles. The molecule has 0 saturated carbocycles. The van der Waals surface area contributed by atoms with Crippen LogP contribution >= 0.6 is 0 Å². The van der Waals surface area contributed by atoms with E-state index in [0.29, 0.717) is 6.54 Å². The van der Waals surface area contributed by atoms with Crippen LogP contribution in [0.2, 0.25) is 0 Å². The van der Waals surface area contributed by atoms with Crippen LogP contribution in [-0.4, -0.2) is 24.5 Å². The molecule has 0 bridgehead atoms. The first-order valence-corrected chi connectivity index (χ1v) is 7.03. The highest BCUT2D eigenvalue weighted by molar-refractivity contribution is 5.22. The second-order valence-electron chi connectivity index (χ2n) is 5.42. The standard InChI is InChI=1S/C15H22F2N2/c1-2-11-5-7-19(8-6-11)10-15(18)13-9-12(16)3-4-14(13)17/h3-4,9,11,15H,2,5-8,10,18H2,1H3. The van der Waals surface area contributed by atoms with Crippen LogP contribution in [0.3, 0.4) is 0 Å². The van der Waals surface area contributed by atoms with Gasteiger partial charge in [-0.05, 0) is 50.0 Å². The average molecular weight is 268 g/mol. The number of piperidine rings is 1. The summed E-state index contributed by atoms with van der Waals surface area (Å²) in [4.78, 5) is 2.25. The molecule has 2 N–H and O–H groups in total. The Bertz CT molecular complexity index is 415. The minimum Gasteiger partial charge on any atom is -0.323 e. The van der Waals surface area contributed by atoms with E-state index in [1.54, 1.807) is 0 Å². The van der Waals surface area contributed by atoms with Gasteiger partial charge in [0.15, 0.2) is 0 Å². The minimum absolute atomic E-state index is 0.276. The number of hydrogen-bond acceptors (Lipinski definition) is 2. The lowest BCUT2D eigenvalue weighted by Crippen LogP contribution is -2.38. The van der Waals surface area contributed by atoms with Crippen LogP contribution in [0.25, 0.3) is 0 Å². The van der Waals surface area contributed by atoms with E-state index in [1.807, 2.05) is 0 Å². The molecule has 1 aliphatic rings. The Labute approximate surface area is 113 Å². The summed E-state index contributed by atoms with van der Waals surface area (Å²) in [5, 5.41) is 0. The van der Waals surface area contributed by atoms with Gasteiger partial charge in [0.2, 0.25) is 0 Å². The molecule has 1 fully saturated rings. The molecular weight excluding hydrogens is 246 g/mol. The molecule has 0 amide bonds. The van der Waals surface area contributed by atoms with Gasteiger partial charge in [0.05, 0.1) is 0 Å². The molecule has 1 unspecified atom stereocenters. The third kappa shape index (κ3) is 3.74. The molecule has 0 aromatic heterocycles. The van der Waals surface area contributed by atoms with E-state index < -0.39 is 17.7 Å². The normalized spacial score (nSPS) is 19.6. The number of benzene rings is 1. The average Bonchev–Trinajstić information content (AvgIpc) is 2.42. The van der Waals surface area contributed by atoms with Crippen molar-refractivity contribution in [2.75, 3.05) is 19.6 Å². The molecule has 1 aromatic carbocycles. The highest BCUT2D eigenvalue weighted by atomic mass is 19.1. The molecule has 1 saturated heterocycles. The largest absolute Gasteiger partial charge is 0.323 e. The summed E-state index contributed by atoms with van der Waals surface area (Å²) in [6, 6.07) is 3.01. The number of nitrogens with two attached hydrogens (primary N) is 1. The molecule has 1 atom stereocenters. The molecule has 1 aromatic rings. The van der Waals surface area contributed by atoms with Crippen molar-refractivity contribution in [2.45, 2.75) is 32.2 Å². The van der Waals surface area contributed by atoms with E-state index in [4.69, 9.17) is 5.73 Å². The summed E-state index contributed by atoms with van der Waals surface area (Å²) in [6.07, 6.45) is 3.57. The number of halogens is 2. The van der Waals surface area contributed by atoms with E-state index in [9.17, 15) is 8.78 Å². The Morgan fingerprint density at radius 1 is 1.32 bits per heavy atom. The van der Waals surface area contributed by atoms with Crippen LogP contribution in [0.4, 0.5) is 8.78 Å². The maximum Gasteiger partial charge on any atom is 0.128 e. The fraction of sp³-hybridized carbons (Fsp3) is 0.600. The molecule has 106 valence electrons. The molecule has 0 radical (unpaired) electrons. The topological polar surface area (TPSA) is 29.3 Å². The van der Waals surface area contributed by atoms with E-state index in [0.717, 1.165) is 31.1 Å². The van der Waals surface area contributed by atoms with Gasteiger partial charge in [-0.15, -0.1) is 0 Å². The molecule has 2 nitrogen and oxygen atoms in total. The zero-order valence-electron chi connectivity index (χ0n) is 11.4. The van der Waals surface area contributed by atoms with Crippen molar-refractivity contribution in [3.8, 4) is 0 Å². The first kappa shape index (κ1) is 14.4. The van der Waals surface area contributed by atoms with Gasteiger partial charge in [0, 0.05) is 18.2 Å². The van der Waals surface area contributed by atoms with Crippen molar-refractivity contribution >= 4 is 0 Å². The Morgan fingerprint density at radius 3 is 2.63 bits per heavy atom. The second-order valence-corrected chi connectivity index (χ2v) is 5.42. The molecule has 19 heavy (non-hydrogen) atoms. The number of likely N-dealkylation sites (tertiary alicyclic amines) is 1. The number of nitrogens with zero attached hydrogens (tertiary/aromatic N) is 1. The van der Waals surface area contributed by atoms with Gasteiger partial charge in [-0.1, -0.05) is 13.3 Å². The monoisotopic (exact) mass is 268 g/mol. The summed E-state index contributed by atoms with van der Waals surface area (Å²) in [6.45, 7) is 4.82. The highest BCUT2D eigenvalue weighted by Crippen LogP contribution is 2.23. The summed E-state index contributed by atoms with van der Waals surface area (Å²) in [5.41, 5.74) is 6.29. The molecule has 4 heteroatoms.